The lowest BCUT2D eigenvalue weighted by atomic mass is 10.1. The van der Waals surface area contributed by atoms with Gasteiger partial charge in [-0.05, 0) is 26.3 Å². The fourth-order valence-electron chi connectivity index (χ4n) is 3.77. The summed E-state index contributed by atoms with van der Waals surface area (Å²) in [5.74, 6) is 0.228. The van der Waals surface area contributed by atoms with Gasteiger partial charge < -0.3 is 9.64 Å². The predicted octanol–water partition coefficient (Wildman–Crippen LogP) is 4.26. The molecule has 0 spiro atoms. The van der Waals surface area contributed by atoms with E-state index in [-0.39, 0.29) is 17.6 Å². The van der Waals surface area contributed by atoms with E-state index < -0.39 is 0 Å². The molecule has 2 aromatic rings. The summed E-state index contributed by atoms with van der Waals surface area (Å²) in [5, 5.41) is 0. The molecule has 1 aliphatic heterocycles. The van der Waals surface area contributed by atoms with Gasteiger partial charge in [-0.2, -0.15) is 0 Å². The Labute approximate surface area is 175 Å². The summed E-state index contributed by atoms with van der Waals surface area (Å²) in [7, 11) is 0. The van der Waals surface area contributed by atoms with Crippen LogP contribution >= 0.6 is 0 Å². The van der Waals surface area contributed by atoms with Crippen molar-refractivity contribution in [2.45, 2.75) is 45.4 Å². The Bertz CT molecular complexity index is 747. The zero-order chi connectivity index (χ0) is 20.7. The number of carbonyl (C=O) groups excluding carboxylic acids is 1. The van der Waals surface area contributed by atoms with Gasteiger partial charge in [-0.3, -0.25) is 9.69 Å². The van der Waals surface area contributed by atoms with E-state index >= 15 is 0 Å². The Hall–Kier alpha value is -2.01. The molecule has 156 valence electrons. The smallest absolute Gasteiger partial charge is 0.164 e. The van der Waals surface area contributed by atoms with Crippen molar-refractivity contribution in [3.8, 4) is 0 Å². The van der Waals surface area contributed by atoms with Crippen LogP contribution < -0.4 is 0 Å². The van der Waals surface area contributed by atoms with Gasteiger partial charge >= 0.3 is 0 Å². The maximum Gasteiger partial charge on any atom is 0.164 e. The van der Waals surface area contributed by atoms with E-state index in [2.05, 4.69) is 60.9 Å². The predicted molar refractivity (Wildman–Crippen MR) is 118 cm³/mol. The van der Waals surface area contributed by atoms with Gasteiger partial charge in [0.15, 0.2) is 5.78 Å². The van der Waals surface area contributed by atoms with Crippen LogP contribution in [0.1, 0.15) is 43.1 Å². The highest BCUT2D eigenvalue weighted by Crippen LogP contribution is 2.20. The molecule has 1 atom stereocenters. The van der Waals surface area contributed by atoms with Crippen LogP contribution in [0.15, 0.2) is 60.7 Å². The number of piperazine rings is 1. The minimum absolute atomic E-state index is 0.0745. The van der Waals surface area contributed by atoms with Crippen molar-refractivity contribution in [1.82, 2.24) is 9.80 Å². The van der Waals surface area contributed by atoms with Crippen LogP contribution in [-0.2, 0) is 11.2 Å². The quantitative estimate of drug-likeness (QED) is 0.626. The first-order valence-corrected chi connectivity index (χ1v) is 10.7. The molecule has 3 rings (SSSR count). The molecule has 4 nitrogen and oxygen atoms in total. The van der Waals surface area contributed by atoms with Crippen molar-refractivity contribution in [2.24, 2.45) is 0 Å². The number of hydrogen-bond donors (Lipinski definition) is 0. The summed E-state index contributed by atoms with van der Waals surface area (Å²) in [6.07, 6.45) is 1.55. The van der Waals surface area contributed by atoms with Crippen LogP contribution in [0.5, 0.6) is 0 Å². The SMILES string of the molecule is CC(C)(C)OC(Cc1ccccc1)N1CCN(CCC(=O)c2ccccc2)CC1. The third-order valence-electron chi connectivity index (χ3n) is 5.31. The zero-order valence-corrected chi connectivity index (χ0v) is 18.0. The molecule has 1 unspecified atom stereocenters. The third kappa shape index (κ3) is 7.07. The van der Waals surface area contributed by atoms with Gasteiger partial charge in [-0.25, -0.2) is 0 Å². The molecule has 1 aliphatic rings. The van der Waals surface area contributed by atoms with Gasteiger partial charge in [0, 0.05) is 51.1 Å². The van der Waals surface area contributed by atoms with Crippen molar-refractivity contribution in [2.75, 3.05) is 32.7 Å². The third-order valence-corrected chi connectivity index (χ3v) is 5.31. The van der Waals surface area contributed by atoms with Crippen LogP contribution in [0.2, 0.25) is 0 Å². The second-order valence-electron chi connectivity index (χ2n) is 8.79. The number of ether oxygens (including phenoxy) is 1. The largest absolute Gasteiger partial charge is 0.357 e. The monoisotopic (exact) mass is 394 g/mol. The maximum atomic E-state index is 12.4. The Morgan fingerprint density at radius 1 is 0.931 bits per heavy atom. The summed E-state index contributed by atoms with van der Waals surface area (Å²) >= 11 is 0. The van der Waals surface area contributed by atoms with E-state index in [9.17, 15) is 4.79 Å². The highest BCUT2D eigenvalue weighted by Gasteiger charge is 2.28. The van der Waals surface area contributed by atoms with E-state index in [0.29, 0.717) is 6.42 Å². The summed E-state index contributed by atoms with van der Waals surface area (Å²) in [6.45, 7) is 11.1. The number of ketones is 1. The van der Waals surface area contributed by atoms with E-state index in [1.807, 2.05) is 30.3 Å². The average molecular weight is 395 g/mol. The van der Waals surface area contributed by atoms with Crippen LogP contribution in [0, 0.1) is 0 Å². The van der Waals surface area contributed by atoms with Crippen molar-refractivity contribution >= 4 is 5.78 Å². The lowest BCUT2D eigenvalue weighted by Gasteiger charge is -2.41. The molecule has 0 aromatic heterocycles. The molecule has 0 N–H and O–H groups in total. The summed E-state index contributed by atoms with van der Waals surface area (Å²) < 4.78 is 6.43. The summed E-state index contributed by atoms with van der Waals surface area (Å²) in [6, 6.07) is 20.2. The first-order valence-electron chi connectivity index (χ1n) is 10.7. The fourth-order valence-corrected chi connectivity index (χ4v) is 3.77. The highest BCUT2D eigenvalue weighted by molar-refractivity contribution is 5.96. The molecule has 0 saturated carbocycles. The first-order chi connectivity index (χ1) is 13.9. The minimum atomic E-state index is -0.182. The molecule has 1 fully saturated rings. The lowest BCUT2D eigenvalue weighted by Crippen LogP contribution is -2.53. The Morgan fingerprint density at radius 2 is 1.52 bits per heavy atom. The van der Waals surface area contributed by atoms with Gasteiger partial charge in [-0.15, -0.1) is 0 Å². The van der Waals surface area contributed by atoms with E-state index in [0.717, 1.165) is 44.7 Å². The molecule has 1 heterocycles. The molecule has 0 aliphatic carbocycles. The fraction of sp³-hybridized carbons (Fsp3) is 0.480. The van der Waals surface area contributed by atoms with E-state index in [1.165, 1.54) is 5.56 Å². The second kappa shape index (κ2) is 10.1. The van der Waals surface area contributed by atoms with Gasteiger partial charge in [-0.1, -0.05) is 60.7 Å². The van der Waals surface area contributed by atoms with Crippen molar-refractivity contribution < 1.29 is 9.53 Å². The molecular formula is C25H34N2O2. The standard InChI is InChI=1S/C25H34N2O2/c1-25(2,3)29-24(20-21-10-6-4-7-11-21)27-18-16-26(17-19-27)15-14-23(28)22-12-8-5-9-13-22/h4-13,24H,14-20H2,1-3H3. The Balaban J connectivity index is 1.51. The van der Waals surface area contributed by atoms with Gasteiger partial charge in [0.05, 0.1) is 5.60 Å². The Morgan fingerprint density at radius 3 is 2.10 bits per heavy atom. The number of Topliss-reactive ketones (excluding diaryl/α,β-unsaturated/α-hetero) is 1. The van der Waals surface area contributed by atoms with Crippen LogP contribution in [0.4, 0.5) is 0 Å². The molecule has 4 heteroatoms. The normalized spacial score (nSPS) is 17.2. The number of benzene rings is 2. The summed E-state index contributed by atoms with van der Waals surface area (Å²) in [4.78, 5) is 17.2. The lowest BCUT2D eigenvalue weighted by molar-refractivity contribution is -0.140. The van der Waals surface area contributed by atoms with E-state index in [1.54, 1.807) is 0 Å². The molecule has 0 radical (unpaired) electrons. The Kier molecular flexibility index (Phi) is 7.59. The van der Waals surface area contributed by atoms with Gasteiger partial charge in [0.2, 0.25) is 0 Å². The first kappa shape index (κ1) is 21.7. The summed E-state index contributed by atoms with van der Waals surface area (Å²) in [5.41, 5.74) is 1.93. The minimum Gasteiger partial charge on any atom is -0.357 e. The topological polar surface area (TPSA) is 32.8 Å². The number of rotatable bonds is 8. The van der Waals surface area contributed by atoms with Crippen molar-refractivity contribution in [3.63, 3.8) is 0 Å². The maximum absolute atomic E-state index is 12.4. The van der Waals surface area contributed by atoms with Crippen LogP contribution in [0.3, 0.4) is 0 Å². The van der Waals surface area contributed by atoms with Gasteiger partial charge in [0.25, 0.3) is 0 Å². The average Bonchev–Trinajstić information content (AvgIpc) is 2.72. The number of nitrogens with zero attached hydrogens (tertiary/aromatic N) is 2. The van der Waals surface area contributed by atoms with Crippen molar-refractivity contribution in [1.29, 1.82) is 0 Å². The van der Waals surface area contributed by atoms with Crippen molar-refractivity contribution in [3.05, 3.63) is 71.8 Å². The van der Waals surface area contributed by atoms with Crippen LogP contribution in [-0.4, -0.2) is 60.1 Å². The number of carbonyl (C=O) groups is 1. The molecule has 0 bridgehead atoms. The molecule has 1 saturated heterocycles. The molecule has 2 aromatic carbocycles. The molecular weight excluding hydrogens is 360 g/mol. The molecule has 0 amide bonds. The van der Waals surface area contributed by atoms with Gasteiger partial charge in [0.1, 0.15) is 6.23 Å². The number of hydrogen-bond acceptors (Lipinski definition) is 4. The zero-order valence-electron chi connectivity index (χ0n) is 18.0. The second-order valence-corrected chi connectivity index (χ2v) is 8.79. The highest BCUT2D eigenvalue weighted by atomic mass is 16.5. The van der Waals surface area contributed by atoms with Crippen LogP contribution in [0.25, 0.3) is 0 Å². The van der Waals surface area contributed by atoms with E-state index in [4.69, 9.17) is 4.74 Å². The molecule has 29 heavy (non-hydrogen) atoms.